The summed E-state index contributed by atoms with van der Waals surface area (Å²) in [5.74, 6) is 1.23. The van der Waals surface area contributed by atoms with Gasteiger partial charge in [0.05, 0.1) is 0 Å². The predicted octanol–water partition coefficient (Wildman–Crippen LogP) is 4.30. The molecule has 0 bridgehead atoms. The molecule has 4 rings (SSSR count). The molecule has 1 heterocycles. The van der Waals surface area contributed by atoms with Gasteiger partial charge in [-0.1, -0.05) is 78.9 Å². The van der Waals surface area contributed by atoms with Gasteiger partial charge in [-0.3, -0.25) is 9.59 Å². The Morgan fingerprint density at radius 1 is 0.903 bits per heavy atom. The topological polar surface area (TPSA) is 49.4 Å². The van der Waals surface area contributed by atoms with E-state index in [9.17, 15) is 9.59 Å². The van der Waals surface area contributed by atoms with Crippen LogP contribution in [0.4, 0.5) is 0 Å². The molecule has 4 nitrogen and oxygen atoms in total. The van der Waals surface area contributed by atoms with Crippen LogP contribution in [0.5, 0.6) is 0 Å². The molecule has 0 radical (unpaired) electrons. The van der Waals surface area contributed by atoms with Crippen LogP contribution in [0.15, 0.2) is 84.9 Å². The molecule has 1 aliphatic heterocycles. The molecule has 158 valence electrons. The summed E-state index contributed by atoms with van der Waals surface area (Å²) in [7, 11) is 0. The van der Waals surface area contributed by atoms with Crippen molar-refractivity contribution in [2.24, 2.45) is 0 Å². The summed E-state index contributed by atoms with van der Waals surface area (Å²) in [6, 6.07) is 27.4. The average molecular weight is 431 g/mol. The maximum Gasteiger partial charge on any atom is 0.255 e. The average Bonchev–Trinajstić information content (AvgIpc) is 3.14. The summed E-state index contributed by atoms with van der Waals surface area (Å²) < 4.78 is 0. The van der Waals surface area contributed by atoms with Crippen LogP contribution in [0.3, 0.4) is 0 Å². The second-order valence-corrected chi connectivity index (χ2v) is 8.66. The van der Waals surface area contributed by atoms with E-state index >= 15 is 0 Å². The first-order chi connectivity index (χ1) is 15.2. The molecule has 3 aromatic carbocycles. The largest absolute Gasteiger partial charge is 0.354 e. The third-order valence-corrected chi connectivity index (χ3v) is 6.56. The number of amides is 2. The third-order valence-electron chi connectivity index (χ3n) is 5.47. The number of nitrogens with zero attached hydrogens (tertiary/aromatic N) is 1. The minimum atomic E-state index is -0.496. The van der Waals surface area contributed by atoms with Crippen LogP contribution in [-0.2, 0) is 23.5 Å². The predicted molar refractivity (Wildman–Crippen MR) is 126 cm³/mol. The first-order valence-corrected chi connectivity index (χ1v) is 11.7. The summed E-state index contributed by atoms with van der Waals surface area (Å²) in [5.41, 5.74) is 4.09. The summed E-state index contributed by atoms with van der Waals surface area (Å²) >= 11 is 1.69. The van der Waals surface area contributed by atoms with E-state index in [1.54, 1.807) is 16.7 Å². The number of hydrogen-bond donors (Lipinski definition) is 1. The van der Waals surface area contributed by atoms with Gasteiger partial charge in [-0.15, -0.1) is 0 Å². The van der Waals surface area contributed by atoms with Gasteiger partial charge >= 0.3 is 0 Å². The molecular formula is C26H26N2O2S. The first kappa shape index (κ1) is 21.2. The van der Waals surface area contributed by atoms with Gasteiger partial charge < -0.3 is 10.2 Å². The molecule has 0 saturated carbocycles. The molecule has 1 aliphatic rings. The van der Waals surface area contributed by atoms with Gasteiger partial charge in [-0.2, -0.15) is 11.8 Å². The molecule has 0 fully saturated rings. The van der Waals surface area contributed by atoms with Crippen LogP contribution in [0.25, 0.3) is 0 Å². The van der Waals surface area contributed by atoms with Crippen LogP contribution < -0.4 is 5.32 Å². The number of carbonyl (C=O) groups excluding carboxylic acids is 2. The number of nitrogens with one attached hydrogen (secondary N) is 1. The van der Waals surface area contributed by atoms with Crippen molar-refractivity contribution in [2.75, 3.05) is 12.3 Å². The van der Waals surface area contributed by atoms with Crippen molar-refractivity contribution in [1.29, 1.82) is 0 Å². The van der Waals surface area contributed by atoms with Crippen molar-refractivity contribution in [3.8, 4) is 0 Å². The molecule has 5 heteroatoms. The second kappa shape index (κ2) is 10.3. The quantitative estimate of drug-likeness (QED) is 0.551. The van der Waals surface area contributed by atoms with Crippen molar-refractivity contribution in [1.82, 2.24) is 10.2 Å². The van der Waals surface area contributed by atoms with Gasteiger partial charge in [0.2, 0.25) is 5.91 Å². The smallest absolute Gasteiger partial charge is 0.255 e. The Kier molecular flexibility index (Phi) is 7.05. The monoisotopic (exact) mass is 430 g/mol. The lowest BCUT2D eigenvalue weighted by molar-refractivity contribution is -0.124. The van der Waals surface area contributed by atoms with E-state index in [1.807, 2.05) is 60.7 Å². The highest BCUT2D eigenvalue weighted by Gasteiger charge is 2.35. The number of carbonyl (C=O) groups is 2. The molecule has 0 saturated heterocycles. The van der Waals surface area contributed by atoms with E-state index in [0.29, 0.717) is 24.4 Å². The summed E-state index contributed by atoms with van der Waals surface area (Å²) in [6.45, 7) is 1.04. The van der Waals surface area contributed by atoms with Gasteiger partial charge in [-0.05, 0) is 29.2 Å². The first-order valence-electron chi connectivity index (χ1n) is 10.5. The maximum absolute atomic E-state index is 13.1. The van der Waals surface area contributed by atoms with E-state index < -0.39 is 6.04 Å². The third kappa shape index (κ3) is 5.36. The van der Waals surface area contributed by atoms with E-state index in [4.69, 9.17) is 0 Å². The van der Waals surface area contributed by atoms with Crippen molar-refractivity contribution in [3.05, 3.63) is 107 Å². The highest BCUT2D eigenvalue weighted by atomic mass is 32.2. The van der Waals surface area contributed by atoms with Gasteiger partial charge in [0, 0.05) is 30.2 Å². The molecule has 3 aromatic rings. The molecule has 0 aromatic heterocycles. The van der Waals surface area contributed by atoms with Gasteiger partial charge in [-0.25, -0.2) is 0 Å². The van der Waals surface area contributed by atoms with Crippen molar-refractivity contribution >= 4 is 23.6 Å². The maximum atomic E-state index is 13.1. The molecule has 0 aliphatic carbocycles. The van der Waals surface area contributed by atoms with Crippen LogP contribution in [-0.4, -0.2) is 35.1 Å². The Morgan fingerprint density at radius 2 is 1.55 bits per heavy atom. The molecule has 1 unspecified atom stereocenters. The number of thioether (sulfide) groups is 1. The van der Waals surface area contributed by atoms with Crippen molar-refractivity contribution in [2.45, 2.75) is 24.8 Å². The van der Waals surface area contributed by atoms with Gasteiger partial charge in [0.1, 0.15) is 6.04 Å². The second-order valence-electron chi connectivity index (χ2n) is 7.63. The van der Waals surface area contributed by atoms with E-state index in [2.05, 4.69) is 29.6 Å². The van der Waals surface area contributed by atoms with Crippen molar-refractivity contribution in [3.63, 3.8) is 0 Å². The number of rotatable bonds is 9. The summed E-state index contributed by atoms with van der Waals surface area (Å²) in [5, 5.41) is 3.06. The standard InChI is InChI=1S/C26H26N2O2S/c29-25(27-16-15-20-9-3-1-4-10-20)24(19-31-18-21-11-5-2-6-12-21)28-17-22-13-7-8-14-23(22)26(28)30/h1-14,24H,15-19H2,(H,27,29). The van der Waals surface area contributed by atoms with E-state index in [-0.39, 0.29) is 11.8 Å². The lowest BCUT2D eigenvalue weighted by atomic mass is 10.1. The molecule has 0 spiro atoms. The Morgan fingerprint density at radius 3 is 2.26 bits per heavy atom. The Hall–Kier alpha value is -3.05. The zero-order valence-electron chi connectivity index (χ0n) is 17.4. The summed E-state index contributed by atoms with van der Waals surface area (Å²) in [6.07, 6.45) is 0.768. The minimum absolute atomic E-state index is 0.0564. The molecule has 1 N–H and O–H groups in total. The molecule has 1 atom stereocenters. The van der Waals surface area contributed by atoms with E-state index in [1.165, 1.54) is 11.1 Å². The van der Waals surface area contributed by atoms with Crippen LogP contribution >= 0.6 is 11.8 Å². The highest BCUT2D eigenvalue weighted by Crippen LogP contribution is 2.26. The lowest BCUT2D eigenvalue weighted by Gasteiger charge is -2.27. The number of fused-ring (bicyclic) bond motifs is 1. The van der Waals surface area contributed by atoms with Gasteiger partial charge in [0.15, 0.2) is 0 Å². The molecule has 2 amide bonds. The fourth-order valence-corrected chi connectivity index (χ4v) is 4.89. The number of benzene rings is 3. The zero-order valence-corrected chi connectivity index (χ0v) is 18.2. The lowest BCUT2D eigenvalue weighted by Crippen LogP contribution is -2.49. The Balaban J connectivity index is 1.41. The molecule has 31 heavy (non-hydrogen) atoms. The van der Waals surface area contributed by atoms with Crippen LogP contribution in [0.1, 0.15) is 27.0 Å². The normalized spacial score (nSPS) is 13.7. The highest BCUT2D eigenvalue weighted by molar-refractivity contribution is 7.98. The van der Waals surface area contributed by atoms with Crippen molar-refractivity contribution < 1.29 is 9.59 Å². The minimum Gasteiger partial charge on any atom is -0.354 e. The Bertz CT molecular complexity index is 1020. The zero-order chi connectivity index (χ0) is 21.5. The Labute approximate surface area is 187 Å². The van der Waals surface area contributed by atoms with Crippen LogP contribution in [0.2, 0.25) is 0 Å². The SMILES string of the molecule is O=C(NCCc1ccccc1)C(CSCc1ccccc1)N1Cc2ccccc2C1=O. The fourth-order valence-electron chi connectivity index (χ4n) is 3.79. The molecular weight excluding hydrogens is 404 g/mol. The van der Waals surface area contributed by atoms with Crippen LogP contribution in [0, 0.1) is 0 Å². The number of hydrogen-bond acceptors (Lipinski definition) is 3. The van der Waals surface area contributed by atoms with Gasteiger partial charge in [0.25, 0.3) is 5.91 Å². The fraction of sp³-hybridized carbons (Fsp3) is 0.231. The van der Waals surface area contributed by atoms with E-state index in [0.717, 1.165) is 17.7 Å². The summed E-state index contributed by atoms with van der Waals surface area (Å²) in [4.78, 5) is 27.9.